The summed E-state index contributed by atoms with van der Waals surface area (Å²) < 4.78 is 28.2. The highest BCUT2D eigenvalue weighted by molar-refractivity contribution is 7.89. The maximum absolute atomic E-state index is 12.9. The Bertz CT molecular complexity index is 1130. The highest BCUT2D eigenvalue weighted by Gasteiger charge is 2.56. The molecule has 0 bridgehead atoms. The summed E-state index contributed by atoms with van der Waals surface area (Å²) in [6.45, 7) is 6.08. The molecule has 3 aliphatic carbocycles. The third-order valence-electron chi connectivity index (χ3n) is 6.57. The first-order chi connectivity index (χ1) is 13.6. The Morgan fingerprint density at radius 2 is 1.83 bits per heavy atom. The van der Waals surface area contributed by atoms with Crippen LogP contribution in [-0.4, -0.2) is 26.8 Å². The summed E-state index contributed by atoms with van der Waals surface area (Å²) in [6, 6.07) is 5.29. The van der Waals surface area contributed by atoms with E-state index in [0.717, 1.165) is 35.1 Å². The zero-order valence-corrected chi connectivity index (χ0v) is 17.4. The third-order valence-corrected chi connectivity index (χ3v) is 7.50. The molecule has 2 N–H and O–H groups in total. The molecular formula is C22H23NO5S. The van der Waals surface area contributed by atoms with Crippen LogP contribution < -0.4 is 5.14 Å². The number of hydrogen-bond acceptors (Lipinski definition) is 5. The van der Waals surface area contributed by atoms with E-state index in [1.54, 1.807) is 0 Å². The van der Waals surface area contributed by atoms with E-state index in [2.05, 4.69) is 6.92 Å². The van der Waals surface area contributed by atoms with Gasteiger partial charge in [0.2, 0.25) is 10.0 Å². The third kappa shape index (κ3) is 3.09. The van der Waals surface area contributed by atoms with E-state index < -0.39 is 16.0 Å². The van der Waals surface area contributed by atoms with Gasteiger partial charge in [0.25, 0.3) is 0 Å². The predicted molar refractivity (Wildman–Crippen MR) is 107 cm³/mol. The van der Waals surface area contributed by atoms with Crippen molar-refractivity contribution in [3.05, 3.63) is 63.8 Å². The molecule has 0 unspecified atom stereocenters. The van der Waals surface area contributed by atoms with Crippen molar-refractivity contribution in [1.29, 1.82) is 0 Å². The Balaban J connectivity index is 1.55. The molecule has 0 amide bonds. The molecule has 6 nitrogen and oxygen atoms in total. The zero-order chi connectivity index (χ0) is 21.1. The van der Waals surface area contributed by atoms with Gasteiger partial charge in [-0.05, 0) is 68.2 Å². The van der Waals surface area contributed by atoms with Crippen LogP contribution in [0.5, 0.6) is 0 Å². The summed E-state index contributed by atoms with van der Waals surface area (Å²) in [7, 11) is -3.82. The molecule has 1 aromatic rings. The van der Waals surface area contributed by atoms with Crippen molar-refractivity contribution in [3.8, 4) is 0 Å². The van der Waals surface area contributed by atoms with Gasteiger partial charge in [-0.25, -0.2) is 18.4 Å². The fourth-order valence-electron chi connectivity index (χ4n) is 4.55. The monoisotopic (exact) mass is 413 g/mol. The molecule has 0 saturated heterocycles. The van der Waals surface area contributed by atoms with Crippen molar-refractivity contribution in [1.82, 2.24) is 0 Å². The van der Waals surface area contributed by atoms with Crippen molar-refractivity contribution < 1.29 is 22.7 Å². The lowest BCUT2D eigenvalue weighted by Gasteiger charge is -2.32. The zero-order valence-electron chi connectivity index (χ0n) is 16.6. The summed E-state index contributed by atoms with van der Waals surface area (Å²) in [6.07, 6.45) is 3.94. The van der Waals surface area contributed by atoms with E-state index in [-0.39, 0.29) is 34.2 Å². The number of rotatable bonds is 4. The number of primary sulfonamides is 1. The topological polar surface area (TPSA) is 104 Å². The van der Waals surface area contributed by atoms with E-state index in [4.69, 9.17) is 9.88 Å². The van der Waals surface area contributed by atoms with Crippen LogP contribution in [0.4, 0.5) is 0 Å². The second-order valence-corrected chi connectivity index (χ2v) is 9.67. The average Bonchev–Trinajstić information content (AvgIpc) is 3.41. The highest BCUT2D eigenvalue weighted by atomic mass is 32.2. The number of sulfonamides is 1. The molecule has 1 fully saturated rings. The summed E-state index contributed by atoms with van der Waals surface area (Å²) >= 11 is 0. The van der Waals surface area contributed by atoms with Gasteiger partial charge >= 0.3 is 5.97 Å². The standard InChI is InChI=1S/C22H23NO5S/c1-12-10-17-19(13(2)22(8-9-22)14(3)20(17)24)18(12)11-28-21(25)15-4-6-16(7-5-15)29(23,26)27/h4-7,10,14H,8-9,11H2,1-3H3,(H2,23,26,27)/t14-/m1/s1. The first-order valence-corrected chi connectivity index (χ1v) is 11.1. The molecule has 0 aromatic heterocycles. The predicted octanol–water partition coefficient (Wildman–Crippen LogP) is 3.06. The molecule has 3 aliphatic rings. The van der Waals surface area contributed by atoms with Gasteiger partial charge in [0.15, 0.2) is 5.78 Å². The Labute approximate surface area is 170 Å². The number of ether oxygens (including phenoxy) is 1. The Morgan fingerprint density at radius 3 is 2.38 bits per heavy atom. The smallest absolute Gasteiger partial charge is 0.338 e. The van der Waals surface area contributed by atoms with Gasteiger partial charge in [0, 0.05) is 22.5 Å². The fraction of sp³-hybridized carbons (Fsp3) is 0.364. The van der Waals surface area contributed by atoms with Gasteiger partial charge in [-0.15, -0.1) is 0 Å². The number of benzene rings is 1. The maximum Gasteiger partial charge on any atom is 0.338 e. The van der Waals surface area contributed by atoms with Crippen LogP contribution in [0, 0.1) is 11.3 Å². The molecule has 4 rings (SSSR count). The first kappa shape index (κ1) is 19.8. The second-order valence-electron chi connectivity index (χ2n) is 8.11. The van der Waals surface area contributed by atoms with Crippen LogP contribution in [0.25, 0.3) is 0 Å². The summed E-state index contributed by atoms with van der Waals surface area (Å²) in [5.74, 6) is -0.401. The Kier molecular flexibility index (Phi) is 4.44. The number of fused-ring (bicyclic) bond motifs is 1. The van der Waals surface area contributed by atoms with Crippen molar-refractivity contribution in [2.24, 2.45) is 16.5 Å². The molecule has 0 heterocycles. The molecule has 1 spiro atoms. The molecule has 1 atom stereocenters. The van der Waals surface area contributed by atoms with E-state index >= 15 is 0 Å². The van der Waals surface area contributed by atoms with Gasteiger partial charge in [0.05, 0.1) is 10.5 Å². The van der Waals surface area contributed by atoms with Crippen LogP contribution in [-0.2, 0) is 19.6 Å². The summed E-state index contributed by atoms with van der Waals surface area (Å²) in [5.41, 5.74) is 4.90. The molecule has 1 saturated carbocycles. The lowest BCUT2D eigenvalue weighted by atomic mass is 9.70. The van der Waals surface area contributed by atoms with Crippen molar-refractivity contribution in [2.45, 2.75) is 38.5 Å². The van der Waals surface area contributed by atoms with Crippen LogP contribution in [0.2, 0.25) is 0 Å². The van der Waals surface area contributed by atoms with Crippen LogP contribution in [0.3, 0.4) is 0 Å². The minimum absolute atomic E-state index is 0.00969. The SMILES string of the molecule is CC1=C(COC(=O)c2ccc(S(N)(=O)=O)cc2)C2=C(C)C3(CC3)[C@H](C)C(=O)C2=C1. The molecule has 1 aromatic carbocycles. The molecular weight excluding hydrogens is 390 g/mol. The van der Waals surface area contributed by atoms with Gasteiger partial charge in [0.1, 0.15) is 6.61 Å². The Morgan fingerprint density at radius 1 is 1.21 bits per heavy atom. The van der Waals surface area contributed by atoms with E-state index in [0.29, 0.717) is 0 Å². The summed E-state index contributed by atoms with van der Waals surface area (Å²) in [4.78, 5) is 25.2. The second kappa shape index (κ2) is 6.50. The molecule has 0 aliphatic heterocycles. The lowest BCUT2D eigenvalue weighted by molar-refractivity contribution is -0.120. The lowest BCUT2D eigenvalue weighted by Crippen LogP contribution is -2.31. The number of Topliss-reactive ketones (excluding diaryl/α,β-unsaturated/α-hetero) is 1. The maximum atomic E-state index is 12.9. The van der Waals surface area contributed by atoms with Crippen molar-refractivity contribution in [2.75, 3.05) is 6.61 Å². The Hall–Kier alpha value is -2.51. The molecule has 7 heteroatoms. The van der Waals surface area contributed by atoms with Crippen LogP contribution in [0.1, 0.15) is 44.0 Å². The highest BCUT2D eigenvalue weighted by Crippen LogP contribution is 2.63. The van der Waals surface area contributed by atoms with Crippen LogP contribution in [0.15, 0.2) is 63.1 Å². The summed E-state index contributed by atoms with van der Waals surface area (Å²) in [5, 5.41) is 5.07. The van der Waals surface area contributed by atoms with Crippen molar-refractivity contribution >= 4 is 21.8 Å². The molecule has 152 valence electrons. The van der Waals surface area contributed by atoms with Gasteiger partial charge in [-0.3, -0.25) is 4.79 Å². The number of hydrogen-bond donors (Lipinski definition) is 1. The number of carbonyl (C=O) groups excluding carboxylic acids is 2. The molecule has 29 heavy (non-hydrogen) atoms. The molecule has 0 radical (unpaired) electrons. The number of allylic oxidation sites excluding steroid dienone is 4. The average molecular weight is 413 g/mol. The number of esters is 1. The minimum atomic E-state index is -3.82. The van der Waals surface area contributed by atoms with Gasteiger partial charge < -0.3 is 4.74 Å². The van der Waals surface area contributed by atoms with Gasteiger partial charge in [-0.2, -0.15) is 0 Å². The number of nitrogens with two attached hydrogens (primary N) is 1. The fourth-order valence-corrected chi connectivity index (χ4v) is 5.06. The van der Waals surface area contributed by atoms with E-state index in [1.807, 2.05) is 19.9 Å². The first-order valence-electron chi connectivity index (χ1n) is 9.54. The quantitative estimate of drug-likeness (QED) is 0.764. The van der Waals surface area contributed by atoms with Crippen LogP contribution >= 0.6 is 0 Å². The van der Waals surface area contributed by atoms with E-state index in [1.165, 1.54) is 29.8 Å². The van der Waals surface area contributed by atoms with E-state index in [9.17, 15) is 18.0 Å². The van der Waals surface area contributed by atoms with Gasteiger partial charge in [-0.1, -0.05) is 12.5 Å². The number of ketones is 1. The largest absolute Gasteiger partial charge is 0.457 e. The normalized spacial score (nSPS) is 22.7. The van der Waals surface area contributed by atoms with Crippen molar-refractivity contribution in [3.63, 3.8) is 0 Å². The minimum Gasteiger partial charge on any atom is -0.457 e. The number of carbonyl (C=O) groups is 2.